The van der Waals surface area contributed by atoms with E-state index < -0.39 is 0 Å². The average Bonchev–Trinajstić information content (AvgIpc) is 3.37. The van der Waals surface area contributed by atoms with E-state index in [9.17, 15) is 4.79 Å². The Morgan fingerprint density at radius 1 is 1.04 bits per heavy atom. The SMILES string of the molecule is O=C(/C=C/c1cccs1)N(Cc1cccs1)c1ccc2c(c1)OCCO2. The molecule has 1 aromatic carbocycles. The topological polar surface area (TPSA) is 38.8 Å². The van der Waals surface area contributed by atoms with Crippen LogP contribution in [0.25, 0.3) is 6.08 Å². The molecule has 132 valence electrons. The van der Waals surface area contributed by atoms with E-state index in [2.05, 4.69) is 0 Å². The van der Waals surface area contributed by atoms with Gasteiger partial charge in [0.05, 0.1) is 6.54 Å². The molecule has 26 heavy (non-hydrogen) atoms. The maximum atomic E-state index is 12.9. The zero-order chi connectivity index (χ0) is 17.8. The molecule has 1 aliphatic heterocycles. The number of benzene rings is 1. The zero-order valence-electron chi connectivity index (χ0n) is 14.0. The molecule has 1 aliphatic rings. The fraction of sp³-hybridized carbons (Fsp3) is 0.150. The summed E-state index contributed by atoms with van der Waals surface area (Å²) in [4.78, 5) is 16.8. The number of fused-ring (bicyclic) bond motifs is 1. The predicted molar refractivity (Wildman–Crippen MR) is 106 cm³/mol. The molecule has 0 aliphatic carbocycles. The third kappa shape index (κ3) is 3.81. The minimum absolute atomic E-state index is 0.0662. The van der Waals surface area contributed by atoms with Gasteiger partial charge in [-0.1, -0.05) is 12.1 Å². The second-order valence-electron chi connectivity index (χ2n) is 5.68. The van der Waals surface area contributed by atoms with Crippen molar-refractivity contribution in [2.75, 3.05) is 18.1 Å². The van der Waals surface area contributed by atoms with Gasteiger partial charge in [0.25, 0.3) is 5.91 Å². The highest BCUT2D eigenvalue weighted by Gasteiger charge is 2.19. The van der Waals surface area contributed by atoms with E-state index in [1.54, 1.807) is 33.6 Å². The fourth-order valence-electron chi connectivity index (χ4n) is 2.68. The second-order valence-corrected chi connectivity index (χ2v) is 7.69. The van der Waals surface area contributed by atoms with E-state index >= 15 is 0 Å². The number of ether oxygens (including phenoxy) is 2. The first-order valence-electron chi connectivity index (χ1n) is 8.25. The number of carbonyl (C=O) groups excluding carboxylic acids is 1. The van der Waals surface area contributed by atoms with Gasteiger partial charge in [-0.15, -0.1) is 22.7 Å². The van der Waals surface area contributed by atoms with E-state index in [1.807, 2.05) is 59.3 Å². The summed E-state index contributed by atoms with van der Waals surface area (Å²) in [6.45, 7) is 1.59. The molecule has 3 aromatic rings. The van der Waals surface area contributed by atoms with Crippen molar-refractivity contribution in [3.8, 4) is 11.5 Å². The van der Waals surface area contributed by atoms with Crippen molar-refractivity contribution in [1.29, 1.82) is 0 Å². The summed E-state index contributed by atoms with van der Waals surface area (Å²) < 4.78 is 11.3. The summed E-state index contributed by atoms with van der Waals surface area (Å²) in [6.07, 6.45) is 3.47. The van der Waals surface area contributed by atoms with Crippen molar-refractivity contribution < 1.29 is 14.3 Å². The van der Waals surface area contributed by atoms with Gasteiger partial charge in [0, 0.05) is 27.6 Å². The van der Waals surface area contributed by atoms with Gasteiger partial charge in [-0.3, -0.25) is 4.79 Å². The Kier molecular flexibility index (Phi) is 5.04. The molecule has 0 fully saturated rings. The van der Waals surface area contributed by atoms with Crippen molar-refractivity contribution in [3.63, 3.8) is 0 Å². The maximum absolute atomic E-state index is 12.9. The highest BCUT2D eigenvalue weighted by molar-refractivity contribution is 7.10. The lowest BCUT2D eigenvalue weighted by Gasteiger charge is -2.24. The van der Waals surface area contributed by atoms with Crippen molar-refractivity contribution in [1.82, 2.24) is 0 Å². The molecule has 3 heterocycles. The average molecular weight is 383 g/mol. The lowest BCUT2D eigenvalue weighted by molar-refractivity contribution is -0.114. The highest BCUT2D eigenvalue weighted by Crippen LogP contribution is 2.34. The molecule has 0 unspecified atom stereocenters. The van der Waals surface area contributed by atoms with Crippen LogP contribution in [0.2, 0.25) is 0 Å². The van der Waals surface area contributed by atoms with Crippen LogP contribution in [0.1, 0.15) is 9.75 Å². The maximum Gasteiger partial charge on any atom is 0.251 e. The number of hydrogen-bond acceptors (Lipinski definition) is 5. The lowest BCUT2D eigenvalue weighted by Crippen LogP contribution is -2.28. The normalized spacial score (nSPS) is 13.1. The first kappa shape index (κ1) is 16.9. The number of rotatable bonds is 5. The van der Waals surface area contributed by atoms with Gasteiger partial charge in [-0.05, 0) is 41.1 Å². The van der Waals surface area contributed by atoms with Crippen molar-refractivity contribution >= 4 is 40.3 Å². The lowest BCUT2D eigenvalue weighted by atomic mass is 10.2. The number of thiophene rings is 2. The van der Waals surface area contributed by atoms with Crippen LogP contribution >= 0.6 is 22.7 Å². The highest BCUT2D eigenvalue weighted by atomic mass is 32.1. The molecule has 1 amide bonds. The number of amides is 1. The van der Waals surface area contributed by atoms with Gasteiger partial charge >= 0.3 is 0 Å². The van der Waals surface area contributed by atoms with E-state index in [1.165, 1.54) is 0 Å². The van der Waals surface area contributed by atoms with Crippen LogP contribution in [0, 0.1) is 0 Å². The predicted octanol–water partition coefficient (Wildman–Crippen LogP) is 4.83. The van der Waals surface area contributed by atoms with Gasteiger partial charge in [0.2, 0.25) is 0 Å². The Morgan fingerprint density at radius 2 is 1.85 bits per heavy atom. The summed E-state index contributed by atoms with van der Waals surface area (Å²) >= 11 is 3.24. The first-order valence-corrected chi connectivity index (χ1v) is 10.0. The van der Waals surface area contributed by atoms with Crippen molar-refractivity contribution in [2.45, 2.75) is 6.54 Å². The monoisotopic (exact) mass is 383 g/mol. The Hall–Kier alpha value is -2.57. The van der Waals surface area contributed by atoms with Crippen molar-refractivity contribution in [2.24, 2.45) is 0 Å². The van der Waals surface area contributed by atoms with E-state index in [0.717, 1.165) is 21.2 Å². The third-order valence-corrected chi connectivity index (χ3v) is 5.63. The molecule has 4 nitrogen and oxygen atoms in total. The quantitative estimate of drug-likeness (QED) is 0.593. The van der Waals surface area contributed by atoms with Crippen LogP contribution in [0.3, 0.4) is 0 Å². The molecule has 0 N–H and O–H groups in total. The molecule has 6 heteroatoms. The summed E-state index contributed by atoms with van der Waals surface area (Å²) in [7, 11) is 0. The van der Waals surface area contributed by atoms with Crippen LogP contribution in [0.4, 0.5) is 5.69 Å². The van der Waals surface area contributed by atoms with Crippen molar-refractivity contribution in [3.05, 3.63) is 69.1 Å². The van der Waals surface area contributed by atoms with Crippen LogP contribution in [-0.2, 0) is 11.3 Å². The fourth-order valence-corrected chi connectivity index (χ4v) is 3.99. The Morgan fingerprint density at radius 3 is 2.62 bits per heavy atom. The number of hydrogen-bond donors (Lipinski definition) is 0. The molecule has 2 aromatic heterocycles. The standard InChI is InChI=1S/C20H17NO3S2/c22-20(8-6-16-3-1-11-25-16)21(14-17-4-2-12-26-17)15-5-7-18-19(13-15)24-10-9-23-18/h1-8,11-13H,9-10,14H2/b8-6+. The zero-order valence-corrected chi connectivity index (χ0v) is 15.6. The van der Waals surface area contributed by atoms with Gasteiger partial charge in [0.1, 0.15) is 13.2 Å². The summed E-state index contributed by atoms with van der Waals surface area (Å²) in [6, 6.07) is 13.6. The summed E-state index contributed by atoms with van der Waals surface area (Å²) in [5.41, 5.74) is 0.795. The van der Waals surface area contributed by atoms with Crippen LogP contribution in [0.5, 0.6) is 11.5 Å². The number of nitrogens with zero attached hydrogens (tertiary/aromatic N) is 1. The van der Waals surface area contributed by atoms with Crippen LogP contribution in [-0.4, -0.2) is 19.1 Å². The van der Waals surface area contributed by atoms with Gasteiger partial charge in [-0.25, -0.2) is 0 Å². The Labute approximate surface area is 159 Å². The smallest absolute Gasteiger partial charge is 0.251 e. The van der Waals surface area contributed by atoms with Gasteiger partial charge in [-0.2, -0.15) is 0 Å². The van der Waals surface area contributed by atoms with Gasteiger partial charge in [0.15, 0.2) is 11.5 Å². The van der Waals surface area contributed by atoms with Crippen LogP contribution in [0.15, 0.2) is 59.3 Å². The van der Waals surface area contributed by atoms with Crippen LogP contribution < -0.4 is 14.4 Å². The Balaban J connectivity index is 1.63. The van der Waals surface area contributed by atoms with E-state index in [4.69, 9.17) is 9.47 Å². The summed E-state index contributed by atoms with van der Waals surface area (Å²) in [5, 5.41) is 4.01. The second kappa shape index (κ2) is 7.76. The molecule has 0 radical (unpaired) electrons. The molecule has 0 saturated carbocycles. The number of anilines is 1. The first-order chi connectivity index (χ1) is 12.8. The molecule has 0 spiro atoms. The molecule has 4 rings (SSSR count). The third-order valence-electron chi connectivity index (χ3n) is 3.93. The molecular formula is C20H17NO3S2. The van der Waals surface area contributed by atoms with E-state index in [-0.39, 0.29) is 5.91 Å². The minimum Gasteiger partial charge on any atom is -0.486 e. The number of carbonyl (C=O) groups is 1. The molecule has 0 atom stereocenters. The van der Waals surface area contributed by atoms with E-state index in [0.29, 0.717) is 25.5 Å². The summed E-state index contributed by atoms with van der Waals surface area (Å²) in [5.74, 6) is 1.33. The minimum atomic E-state index is -0.0662. The molecule has 0 bridgehead atoms. The largest absolute Gasteiger partial charge is 0.486 e. The molecule has 0 saturated heterocycles. The Bertz CT molecular complexity index is 901. The van der Waals surface area contributed by atoms with Gasteiger partial charge < -0.3 is 14.4 Å². The molecular weight excluding hydrogens is 366 g/mol.